The van der Waals surface area contributed by atoms with E-state index in [-0.39, 0.29) is 5.97 Å². The predicted octanol–water partition coefficient (Wildman–Crippen LogP) is 1.18. The summed E-state index contributed by atoms with van der Waals surface area (Å²) in [7, 11) is 0. The van der Waals surface area contributed by atoms with Crippen LogP contribution in [0.1, 0.15) is 20.8 Å². The average molecular weight is 182 g/mol. The molecular weight excluding hydrogens is 168 g/mol. The second-order valence-corrected chi connectivity index (χ2v) is 3.23. The highest BCUT2D eigenvalue weighted by Gasteiger charge is 2.31. The third kappa shape index (κ3) is 1.88. The zero-order chi connectivity index (χ0) is 9.90. The van der Waals surface area contributed by atoms with Gasteiger partial charge < -0.3 is 4.74 Å². The molecule has 1 aromatic heterocycles. The number of rotatable bonds is 3. The van der Waals surface area contributed by atoms with Crippen molar-refractivity contribution in [2.24, 2.45) is 0 Å². The fourth-order valence-electron chi connectivity index (χ4n) is 1.00. The zero-order valence-electron chi connectivity index (χ0n) is 8.15. The van der Waals surface area contributed by atoms with Gasteiger partial charge in [0.2, 0.25) is 0 Å². The van der Waals surface area contributed by atoms with Gasteiger partial charge in [-0.1, -0.05) is 0 Å². The molecule has 0 aliphatic heterocycles. The summed E-state index contributed by atoms with van der Waals surface area (Å²) < 4.78 is 6.52. The molecule has 4 heteroatoms. The molecule has 0 atom stereocenters. The maximum atomic E-state index is 11.5. The maximum Gasteiger partial charge on any atom is 0.333 e. The first-order valence-corrected chi connectivity index (χ1v) is 4.26. The summed E-state index contributed by atoms with van der Waals surface area (Å²) in [5.74, 6) is -0.265. The van der Waals surface area contributed by atoms with Gasteiger partial charge in [0.15, 0.2) is 5.54 Å². The molecule has 0 fully saturated rings. The van der Waals surface area contributed by atoms with Crippen LogP contribution in [0, 0.1) is 0 Å². The molecule has 0 spiro atoms. The number of hydrogen-bond acceptors (Lipinski definition) is 3. The molecule has 1 heterocycles. The van der Waals surface area contributed by atoms with E-state index in [1.807, 2.05) is 0 Å². The summed E-state index contributed by atoms with van der Waals surface area (Å²) >= 11 is 0. The first-order valence-electron chi connectivity index (χ1n) is 4.26. The van der Waals surface area contributed by atoms with Crippen LogP contribution in [-0.2, 0) is 15.1 Å². The van der Waals surface area contributed by atoms with Crippen LogP contribution in [0.25, 0.3) is 0 Å². The SMILES string of the molecule is CCOC(=O)C(C)(C)n1cccn1. The van der Waals surface area contributed by atoms with Crippen molar-refractivity contribution in [3.05, 3.63) is 18.5 Å². The predicted molar refractivity (Wildman–Crippen MR) is 48.2 cm³/mol. The quantitative estimate of drug-likeness (QED) is 0.659. The minimum Gasteiger partial charge on any atom is -0.464 e. The van der Waals surface area contributed by atoms with Crippen LogP contribution in [0.5, 0.6) is 0 Å². The molecule has 1 aromatic rings. The third-order valence-electron chi connectivity index (χ3n) is 1.85. The molecule has 72 valence electrons. The minimum atomic E-state index is -0.723. The summed E-state index contributed by atoms with van der Waals surface area (Å²) in [6, 6.07) is 1.78. The van der Waals surface area contributed by atoms with Crippen molar-refractivity contribution in [3.8, 4) is 0 Å². The van der Waals surface area contributed by atoms with Gasteiger partial charge in [-0.05, 0) is 26.8 Å². The Bertz CT molecular complexity index is 278. The summed E-state index contributed by atoms with van der Waals surface area (Å²) in [4.78, 5) is 11.5. The lowest BCUT2D eigenvalue weighted by Gasteiger charge is -2.22. The van der Waals surface area contributed by atoms with Crippen molar-refractivity contribution in [1.82, 2.24) is 9.78 Å². The molecule has 0 bridgehead atoms. The molecule has 0 amide bonds. The molecule has 0 saturated carbocycles. The van der Waals surface area contributed by atoms with Gasteiger partial charge in [-0.15, -0.1) is 0 Å². The number of esters is 1. The highest BCUT2D eigenvalue weighted by atomic mass is 16.5. The number of aromatic nitrogens is 2. The molecule has 0 N–H and O–H groups in total. The fourth-order valence-corrected chi connectivity index (χ4v) is 1.00. The Morgan fingerprint density at radius 3 is 2.77 bits per heavy atom. The van der Waals surface area contributed by atoms with Gasteiger partial charge in [-0.2, -0.15) is 5.10 Å². The second-order valence-electron chi connectivity index (χ2n) is 3.23. The molecule has 0 aliphatic carbocycles. The molecule has 1 rings (SSSR count). The van der Waals surface area contributed by atoms with Crippen LogP contribution in [0.4, 0.5) is 0 Å². The highest BCUT2D eigenvalue weighted by Crippen LogP contribution is 2.15. The Morgan fingerprint density at radius 2 is 2.31 bits per heavy atom. The Kier molecular flexibility index (Phi) is 2.70. The summed E-state index contributed by atoms with van der Waals surface area (Å²) in [6.07, 6.45) is 3.39. The van der Waals surface area contributed by atoms with E-state index in [1.165, 1.54) is 0 Å². The number of ether oxygens (including phenoxy) is 1. The third-order valence-corrected chi connectivity index (χ3v) is 1.85. The molecule has 0 aliphatic rings. The van der Waals surface area contributed by atoms with Crippen molar-refractivity contribution in [2.75, 3.05) is 6.61 Å². The smallest absolute Gasteiger partial charge is 0.333 e. The van der Waals surface area contributed by atoms with E-state index in [0.29, 0.717) is 6.61 Å². The largest absolute Gasteiger partial charge is 0.464 e. The van der Waals surface area contributed by atoms with E-state index in [0.717, 1.165) is 0 Å². The zero-order valence-corrected chi connectivity index (χ0v) is 8.15. The number of carbonyl (C=O) groups excluding carboxylic acids is 1. The van der Waals surface area contributed by atoms with Crippen LogP contribution in [0.2, 0.25) is 0 Å². The Morgan fingerprint density at radius 1 is 1.62 bits per heavy atom. The molecule has 0 unspecified atom stereocenters. The number of hydrogen-bond donors (Lipinski definition) is 0. The van der Waals surface area contributed by atoms with Crippen LogP contribution in [0.3, 0.4) is 0 Å². The van der Waals surface area contributed by atoms with Crippen molar-refractivity contribution < 1.29 is 9.53 Å². The van der Waals surface area contributed by atoms with Crippen LogP contribution < -0.4 is 0 Å². The van der Waals surface area contributed by atoms with Gasteiger partial charge in [0, 0.05) is 12.4 Å². The van der Waals surface area contributed by atoms with Gasteiger partial charge >= 0.3 is 5.97 Å². The monoisotopic (exact) mass is 182 g/mol. The molecular formula is C9H14N2O2. The lowest BCUT2D eigenvalue weighted by atomic mass is 10.1. The molecule has 0 aromatic carbocycles. The summed E-state index contributed by atoms with van der Waals surface area (Å²) in [5, 5.41) is 4.01. The standard InChI is InChI=1S/C9H14N2O2/c1-4-13-8(12)9(2,3)11-7-5-6-10-11/h5-7H,4H2,1-3H3. The van der Waals surface area contributed by atoms with Crippen LogP contribution >= 0.6 is 0 Å². The molecule has 0 saturated heterocycles. The number of nitrogens with zero attached hydrogens (tertiary/aromatic N) is 2. The second kappa shape index (κ2) is 3.60. The van der Waals surface area contributed by atoms with E-state index in [1.54, 1.807) is 43.9 Å². The van der Waals surface area contributed by atoms with Gasteiger partial charge in [0.05, 0.1) is 6.61 Å². The first-order chi connectivity index (χ1) is 6.09. The van der Waals surface area contributed by atoms with Crippen LogP contribution in [-0.4, -0.2) is 22.4 Å². The van der Waals surface area contributed by atoms with Crippen molar-refractivity contribution in [1.29, 1.82) is 0 Å². The van der Waals surface area contributed by atoms with E-state index in [4.69, 9.17) is 4.74 Å². The lowest BCUT2D eigenvalue weighted by Crippen LogP contribution is -2.37. The molecule has 4 nitrogen and oxygen atoms in total. The van der Waals surface area contributed by atoms with Gasteiger partial charge in [-0.25, -0.2) is 4.79 Å². The Labute approximate surface area is 77.5 Å². The van der Waals surface area contributed by atoms with E-state index < -0.39 is 5.54 Å². The fraction of sp³-hybridized carbons (Fsp3) is 0.556. The van der Waals surface area contributed by atoms with Crippen molar-refractivity contribution in [3.63, 3.8) is 0 Å². The van der Waals surface area contributed by atoms with Gasteiger partial charge in [0.1, 0.15) is 0 Å². The topological polar surface area (TPSA) is 44.1 Å². The first kappa shape index (κ1) is 9.77. The normalized spacial score (nSPS) is 11.3. The van der Waals surface area contributed by atoms with Crippen LogP contribution in [0.15, 0.2) is 18.5 Å². The summed E-state index contributed by atoms with van der Waals surface area (Å²) in [5.41, 5.74) is -0.723. The molecule has 0 radical (unpaired) electrons. The van der Waals surface area contributed by atoms with E-state index in [9.17, 15) is 4.79 Å². The highest BCUT2D eigenvalue weighted by molar-refractivity contribution is 5.77. The summed E-state index contributed by atoms with van der Waals surface area (Å²) in [6.45, 7) is 5.73. The Balaban J connectivity index is 2.82. The lowest BCUT2D eigenvalue weighted by molar-refractivity contribution is -0.152. The Hall–Kier alpha value is -1.32. The van der Waals surface area contributed by atoms with Crippen molar-refractivity contribution in [2.45, 2.75) is 26.3 Å². The number of carbonyl (C=O) groups is 1. The van der Waals surface area contributed by atoms with Gasteiger partial charge in [-0.3, -0.25) is 4.68 Å². The van der Waals surface area contributed by atoms with E-state index >= 15 is 0 Å². The maximum absolute atomic E-state index is 11.5. The van der Waals surface area contributed by atoms with Crippen molar-refractivity contribution >= 4 is 5.97 Å². The van der Waals surface area contributed by atoms with Gasteiger partial charge in [0.25, 0.3) is 0 Å². The molecule has 13 heavy (non-hydrogen) atoms. The average Bonchev–Trinajstić information content (AvgIpc) is 2.56. The van der Waals surface area contributed by atoms with E-state index in [2.05, 4.69) is 5.10 Å². The minimum absolute atomic E-state index is 0.265.